The third-order valence-electron chi connectivity index (χ3n) is 6.95. The van der Waals surface area contributed by atoms with Gasteiger partial charge in [-0.25, -0.2) is 9.37 Å². The first-order valence-corrected chi connectivity index (χ1v) is 11.6. The number of hydrogen-bond donors (Lipinski definition) is 2. The van der Waals surface area contributed by atoms with Crippen molar-refractivity contribution in [2.45, 2.75) is 70.7 Å². The van der Waals surface area contributed by atoms with Crippen LogP contribution in [-0.4, -0.2) is 57.6 Å². The topological polar surface area (TPSA) is 82.6 Å². The number of nitrogens with one attached hydrogen (secondary N) is 2. The number of carbonyl (C=O) groups is 1. The van der Waals surface area contributed by atoms with Gasteiger partial charge in [0.15, 0.2) is 17.4 Å². The average molecular weight is 493 g/mol. The first-order valence-electron chi connectivity index (χ1n) is 11.6. The fourth-order valence-electron chi connectivity index (χ4n) is 4.98. The van der Waals surface area contributed by atoms with E-state index in [0.29, 0.717) is 5.69 Å². The van der Waals surface area contributed by atoms with Crippen molar-refractivity contribution in [3.05, 3.63) is 30.2 Å². The van der Waals surface area contributed by atoms with E-state index in [4.69, 9.17) is 0 Å². The number of ether oxygens (including phenoxy) is 1. The summed E-state index contributed by atoms with van der Waals surface area (Å²) in [6.07, 6.45) is -1.31. The lowest BCUT2D eigenvalue weighted by atomic mass is 9.77. The first kappa shape index (κ1) is 25.0. The zero-order valence-corrected chi connectivity index (χ0v) is 20.7. The molecule has 2 aliphatic heterocycles. The van der Waals surface area contributed by atoms with Crippen molar-refractivity contribution in [2.75, 3.05) is 29.1 Å². The SMILES string of the molecule is CCN1C(=O)C(F)(F)Oc2cc(Nc3ncc(F)c(NC4CC(C)(C)N(C)C(C)(C)C4)n3)ccc21. The number of likely N-dealkylation sites (N-methyl/N-ethyl adjacent to an activating group) is 1. The number of nitrogens with zero attached hydrogens (tertiary/aromatic N) is 4. The second kappa shape index (κ2) is 8.54. The summed E-state index contributed by atoms with van der Waals surface area (Å²) in [6.45, 7) is 10.3. The van der Waals surface area contributed by atoms with Crippen molar-refractivity contribution >= 4 is 29.0 Å². The third-order valence-corrected chi connectivity index (χ3v) is 6.95. The van der Waals surface area contributed by atoms with Crippen LogP contribution in [0.1, 0.15) is 47.5 Å². The van der Waals surface area contributed by atoms with Crippen molar-refractivity contribution < 1.29 is 22.7 Å². The maximum Gasteiger partial charge on any atom is 0.482 e. The Morgan fingerprint density at radius 2 is 1.83 bits per heavy atom. The van der Waals surface area contributed by atoms with Gasteiger partial charge in [-0.15, -0.1) is 0 Å². The number of alkyl halides is 2. The van der Waals surface area contributed by atoms with Gasteiger partial charge in [0.2, 0.25) is 5.95 Å². The average Bonchev–Trinajstić information content (AvgIpc) is 2.75. The Morgan fingerprint density at radius 1 is 1.17 bits per heavy atom. The number of hydrogen-bond acceptors (Lipinski definition) is 7. The molecular weight excluding hydrogens is 461 g/mol. The smallest absolute Gasteiger partial charge is 0.423 e. The quantitative estimate of drug-likeness (QED) is 0.623. The summed E-state index contributed by atoms with van der Waals surface area (Å²) in [7, 11) is 2.09. The van der Waals surface area contributed by atoms with E-state index in [-0.39, 0.29) is 46.9 Å². The highest BCUT2D eigenvalue weighted by atomic mass is 19.3. The Hall–Kier alpha value is -3.08. The lowest BCUT2D eigenvalue weighted by molar-refractivity contribution is -0.192. The van der Waals surface area contributed by atoms with Crippen LogP contribution in [0.15, 0.2) is 24.4 Å². The van der Waals surface area contributed by atoms with Crippen molar-refractivity contribution in [1.82, 2.24) is 14.9 Å². The van der Waals surface area contributed by atoms with Crippen LogP contribution in [-0.2, 0) is 4.79 Å². The van der Waals surface area contributed by atoms with Crippen LogP contribution in [0.25, 0.3) is 0 Å². The summed E-state index contributed by atoms with van der Waals surface area (Å²) in [4.78, 5) is 23.5. The van der Waals surface area contributed by atoms with Gasteiger partial charge in [-0.1, -0.05) is 0 Å². The Labute approximate surface area is 202 Å². The van der Waals surface area contributed by atoms with E-state index in [9.17, 15) is 18.0 Å². The molecular formula is C24H31F3N6O2. The highest BCUT2D eigenvalue weighted by molar-refractivity contribution is 6.01. The van der Waals surface area contributed by atoms with Gasteiger partial charge in [0.05, 0.1) is 11.9 Å². The molecule has 2 aromatic rings. The second-order valence-corrected chi connectivity index (χ2v) is 10.3. The summed E-state index contributed by atoms with van der Waals surface area (Å²) >= 11 is 0. The monoisotopic (exact) mass is 492 g/mol. The number of halogens is 3. The van der Waals surface area contributed by atoms with Crippen LogP contribution >= 0.6 is 0 Å². The second-order valence-electron chi connectivity index (χ2n) is 10.3. The van der Waals surface area contributed by atoms with E-state index in [1.165, 1.54) is 12.1 Å². The molecule has 2 aliphatic rings. The molecule has 0 unspecified atom stereocenters. The van der Waals surface area contributed by atoms with Gasteiger partial charge in [0.25, 0.3) is 0 Å². The van der Waals surface area contributed by atoms with Crippen LogP contribution < -0.4 is 20.3 Å². The summed E-state index contributed by atoms with van der Waals surface area (Å²) in [6, 6.07) is 4.41. The molecule has 0 atom stereocenters. The molecule has 0 spiro atoms. The third kappa shape index (κ3) is 4.73. The minimum absolute atomic E-state index is 0.00890. The largest absolute Gasteiger partial charge is 0.482 e. The summed E-state index contributed by atoms with van der Waals surface area (Å²) in [5, 5.41) is 6.13. The van der Waals surface area contributed by atoms with E-state index in [1.54, 1.807) is 13.0 Å². The van der Waals surface area contributed by atoms with E-state index < -0.39 is 17.8 Å². The van der Waals surface area contributed by atoms with Crippen LogP contribution in [0.3, 0.4) is 0 Å². The van der Waals surface area contributed by atoms with E-state index in [2.05, 4.69) is 65.0 Å². The standard InChI is InChI=1S/C24H31F3N6O2/c1-7-33-17-9-8-14(10-18(17)35-24(26,27)20(33)34)30-21-28-13-16(25)19(31-21)29-15-11-22(2,3)32(6)23(4,5)12-15/h8-10,13,15H,7,11-12H2,1-6H3,(H2,28,29,30,31). The molecule has 0 radical (unpaired) electrons. The first-order chi connectivity index (χ1) is 16.2. The maximum absolute atomic E-state index is 14.6. The van der Waals surface area contributed by atoms with Gasteiger partial charge in [-0.3, -0.25) is 9.69 Å². The van der Waals surface area contributed by atoms with Gasteiger partial charge < -0.3 is 20.3 Å². The number of aromatic nitrogens is 2. The van der Waals surface area contributed by atoms with Crippen LogP contribution in [0, 0.1) is 5.82 Å². The summed E-state index contributed by atoms with van der Waals surface area (Å²) < 4.78 is 47.3. The lowest BCUT2D eigenvalue weighted by Gasteiger charge is -2.53. The Bertz CT molecular complexity index is 1120. The Balaban J connectivity index is 1.55. The van der Waals surface area contributed by atoms with Crippen LogP contribution in [0.5, 0.6) is 5.75 Å². The molecule has 8 nitrogen and oxygen atoms in total. The zero-order valence-electron chi connectivity index (χ0n) is 20.7. The molecule has 3 heterocycles. The van der Waals surface area contributed by atoms with Gasteiger partial charge in [0.1, 0.15) is 0 Å². The molecule has 190 valence electrons. The number of fused-ring (bicyclic) bond motifs is 1. The maximum atomic E-state index is 14.6. The molecule has 0 saturated carbocycles. The number of likely N-dealkylation sites (tertiary alicyclic amines) is 1. The van der Waals surface area contributed by atoms with Crippen molar-refractivity contribution in [1.29, 1.82) is 0 Å². The number of amides is 1. The lowest BCUT2D eigenvalue weighted by Crippen LogP contribution is -2.61. The molecule has 1 aromatic carbocycles. The van der Waals surface area contributed by atoms with Crippen LogP contribution in [0.2, 0.25) is 0 Å². The number of piperidine rings is 1. The van der Waals surface area contributed by atoms with E-state index in [1.807, 2.05) is 0 Å². The fourth-order valence-corrected chi connectivity index (χ4v) is 4.98. The fraction of sp³-hybridized carbons (Fsp3) is 0.542. The molecule has 35 heavy (non-hydrogen) atoms. The summed E-state index contributed by atoms with van der Waals surface area (Å²) in [5.74, 6) is -2.00. The molecule has 0 bridgehead atoms. The number of carbonyl (C=O) groups excluding carboxylic acids is 1. The predicted molar refractivity (Wildman–Crippen MR) is 128 cm³/mol. The summed E-state index contributed by atoms with van der Waals surface area (Å²) in [5.41, 5.74) is 0.402. The number of benzene rings is 1. The Morgan fingerprint density at radius 3 is 2.46 bits per heavy atom. The molecule has 1 fully saturated rings. The van der Waals surface area contributed by atoms with Gasteiger partial charge in [-0.2, -0.15) is 13.8 Å². The molecule has 1 aromatic heterocycles. The van der Waals surface area contributed by atoms with Crippen LogP contribution in [0.4, 0.5) is 36.3 Å². The molecule has 0 aliphatic carbocycles. The zero-order chi connectivity index (χ0) is 25.8. The molecule has 2 N–H and O–H groups in total. The van der Waals surface area contributed by atoms with Gasteiger partial charge in [-0.05, 0) is 66.6 Å². The van der Waals surface area contributed by atoms with Gasteiger partial charge in [0, 0.05) is 35.4 Å². The normalized spacial score (nSPS) is 21.3. The molecule has 4 rings (SSSR count). The Kier molecular flexibility index (Phi) is 6.11. The van der Waals surface area contributed by atoms with Crippen molar-refractivity contribution in [3.63, 3.8) is 0 Å². The highest BCUT2D eigenvalue weighted by Crippen LogP contribution is 2.41. The minimum Gasteiger partial charge on any atom is -0.423 e. The highest BCUT2D eigenvalue weighted by Gasteiger charge is 2.50. The molecule has 1 saturated heterocycles. The number of rotatable bonds is 5. The van der Waals surface area contributed by atoms with E-state index in [0.717, 1.165) is 23.9 Å². The predicted octanol–water partition coefficient (Wildman–Crippen LogP) is 4.76. The molecule has 11 heteroatoms. The molecule has 1 amide bonds. The minimum atomic E-state index is -3.96. The van der Waals surface area contributed by atoms with Crippen molar-refractivity contribution in [2.24, 2.45) is 0 Å². The van der Waals surface area contributed by atoms with Gasteiger partial charge >= 0.3 is 12.0 Å². The van der Waals surface area contributed by atoms with E-state index >= 15 is 0 Å². The number of anilines is 4. The van der Waals surface area contributed by atoms with Crippen molar-refractivity contribution in [3.8, 4) is 5.75 Å².